The van der Waals surface area contributed by atoms with Crippen LogP contribution in [0.1, 0.15) is 87.9 Å². The van der Waals surface area contributed by atoms with Crippen molar-refractivity contribution in [3.8, 4) is 34.5 Å². The van der Waals surface area contributed by atoms with Crippen LogP contribution in [-0.2, 0) is 87.9 Å². The SMILES string of the molecule is COc1cc2c(cc1OCCCCCOc1cc3c(cc1OC)C(=O)N1CC4(CC4)C[C@H]1[C@H](OC)N3C(=O)OCc1ccc(O[C@@H]3O[C@H](C(=O)O)[C@@H](O)[C@H](O)[C@H]3O)c(NC(=O)CCOCCOCCOCCOCCN)c1)N(C(=O)OCc1ccc(O[C@@H]3O[C@H](C(=O)O)[C@@H](O)[C@H](O)[C@H]3O)cc1)[C@@H](OC)[C@@H]1Cc3ccccc3CN1C2=O. The predicted octanol–water partition coefficient (Wildman–Crippen LogP) is 3.05. The molecule has 14 atom stereocenters. The molecule has 12 rings (SSSR count). The number of carbonyl (C=O) groups is 7. The summed E-state index contributed by atoms with van der Waals surface area (Å²) in [5.41, 5.74) is 8.16. The van der Waals surface area contributed by atoms with Crippen molar-refractivity contribution in [1.82, 2.24) is 9.80 Å². The number of carboxylic acid groups (broad SMARTS) is 2. The van der Waals surface area contributed by atoms with Gasteiger partial charge in [-0.25, -0.2) is 29.0 Å². The number of amides is 5. The van der Waals surface area contributed by atoms with Gasteiger partial charge in [-0.1, -0.05) is 42.5 Å². The summed E-state index contributed by atoms with van der Waals surface area (Å²) in [6.45, 7) is 2.56. The molecule has 5 aromatic rings. The van der Waals surface area contributed by atoms with Crippen LogP contribution >= 0.6 is 0 Å². The molecule has 3 saturated heterocycles. The Kier molecular flexibility index (Phi) is 28.7. The number of carbonyl (C=O) groups excluding carboxylic acids is 5. The van der Waals surface area contributed by atoms with Gasteiger partial charge in [0, 0.05) is 46.0 Å². The number of rotatable bonds is 37. The third kappa shape index (κ3) is 19.6. The zero-order chi connectivity index (χ0) is 82.5. The first kappa shape index (κ1) is 85.6. The Morgan fingerprint density at radius 2 is 1.03 bits per heavy atom. The Labute approximate surface area is 666 Å². The summed E-state index contributed by atoms with van der Waals surface area (Å²) in [6.07, 6.45) is -19.3. The number of unbranched alkanes of at least 4 members (excludes halogenated alkanes) is 2. The van der Waals surface area contributed by atoms with Gasteiger partial charge in [0.15, 0.2) is 47.7 Å². The number of nitrogens with one attached hydrogen (secondary N) is 1. The molecule has 630 valence electrons. The molecule has 1 saturated carbocycles. The van der Waals surface area contributed by atoms with Crippen LogP contribution in [-0.4, -0.2) is 286 Å². The highest BCUT2D eigenvalue weighted by Crippen LogP contribution is 2.57. The van der Waals surface area contributed by atoms with Crippen molar-refractivity contribution < 1.29 is 150 Å². The molecule has 116 heavy (non-hydrogen) atoms. The largest absolute Gasteiger partial charge is 0.493 e. The first-order valence-electron chi connectivity index (χ1n) is 38.1. The number of aliphatic hydroxyl groups excluding tert-OH is 6. The Hall–Kier alpha value is -9.81. The number of hydrogen-bond acceptors (Lipinski definition) is 30. The topological polar surface area (TPSA) is 480 Å². The van der Waals surface area contributed by atoms with E-state index >= 15 is 4.79 Å². The molecule has 4 fully saturated rings. The predicted molar refractivity (Wildman–Crippen MR) is 401 cm³/mol. The fourth-order valence-corrected chi connectivity index (χ4v) is 14.9. The van der Waals surface area contributed by atoms with Gasteiger partial charge in [-0.05, 0) is 109 Å². The average molecular weight is 1630 g/mol. The van der Waals surface area contributed by atoms with Crippen molar-refractivity contribution >= 4 is 58.9 Å². The van der Waals surface area contributed by atoms with Crippen LogP contribution in [0.15, 0.2) is 91.0 Å². The van der Waals surface area contributed by atoms with Gasteiger partial charge in [0.2, 0.25) is 18.5 Å². The fourth-order valence-electron chi connectivity index (χ4n) is 14.9. The highest BCUT2D eigenvalue weighted by molar-refractivity contribution is 6.07. The first-order valence-corrected chi connectivity index (χ1v) is 38.1. The van der Waals surface area contributed by atoms with Crippen LogP contribution in [0.25, 0.3) is 0 Å². The molecule has 1 aliphatic carbocycles. The summed E-state index contributed by atoms with van der Waals surface area (Å²) >= 11 is 0. The molecule has 11 N–H and O–H groups in total. The molecule has 6 aliphatic heterocycles. The molecule has 1 spiro atoms. The lowest BCUT2D eigenvalue weighted by molar-refractivity contribution is -0.271. The quantitative estimate of drug-likeness (QED) is 0.0255. The van der Waals surface area contributed by atoms with Crippen molar-refractivity contribution in [1.29, 1.82) is 0 Å². The number of ether oxygens (including phenoxy) is 16. The number of nitrogens with zero attached hydrogens (tertiary/aromatic N) is 4. The number of benzene rings is 5. The van der Waals surface area contributed by atoms with E-state index < -0.39 is 128 Å². The Morgan fingerprint density at radius 3 is 1.55 bits per heavy atom. The molecule has 0 aromatic heterocycles. The minimum atomic E-state index is -2.02. The molecule has 7 aliphatic rings. The van der Waals surface area contributed by atoms with Crippen molar-refractivity contribution in [3.05, 3.63) is 124 Å². The van der Waals surface area contributed by atoms with E-state index in [0.717, 1.165) is 24.0 Å². The van der Waals surface area contributed by atoms with Gasteiger partial charge < -0.3 is 137 Å². The molecular weight excluding hydrogens is 1530 g/mol. The minimum Gasteiger partial charge on any atom is -0.493 e. The van der Waals surface area contributed by atoms with Gasteiger partial charge in [-0.2, -0.15) is 0 Å². The lowest BCUT2D eigenvalue weighted by Crippen LogP contribution is -2.61. The Balaban J connectivity index is 0.717. The van der Waals surface area contributed by atoms with E-state index in [9.17, 15) is 69.6 Å². The maximum atomic E-state index is 15.1. The summed E-state index contributed by atoms with van der Waals surface area (Å²) in [5.74, 6) is -3.99. The van der Waals surface area contributed by atoms with Crippen LogP contribution < -0.4 is 49.3 Å². The van der Waals surface area contributed by atoms with Crippen molar-refractivity contribution in [2.45, 2.75) is 157 Å². The number of methoxy groups -OCH3 is 4. The van der Waals surface area contributed by atoms with Crippen LogP contribution in [0.4, 0.5) is 26.7 Å². The number of anilines is 3. The normalized spacial score (nSPS) is 25.0. The van der Waals surface area contributed by atoms with Crippen LogP contribution in [0, 0.1) is 5.41 Å². The van der Waals surface area contributed by atoms with E-state index in [1.807, 2.05) is 24.3 Å². The zero-order valence-electron chi connectivity index (χ0n) is 64.3. The van der Waals surface area contributed by atoms with Crippen molar-refractivity contribution in [3.63, 3.8) is 0 Å². The van der Waals surface area contributed by atoms with Crippen LogP contribution in [0.3, 0.4) is 0 Å². The molecule has 37 heteroatoms. The number of fused-ring (bicyclic) bond motifs is 5. The summed E-state index contributed by atoms with van der Waals surface area (Å²) in [4.78, 5) is 103. The molecule has 6 heterocycles. The second-order valence-electron chi connectivity index (χ2n) is 28.8. The molecule has 37 nitrogen and oxygen atoms in total. The fraction of sp³-hybridized carbons (Fsp3) is 0.532. The van der Waals surface area contributed by atoms with E-state index in [4.69, 9.17) is 81.5 Å². The number of nitrogens with two attached hydrogens (primary N) is 1. The lowest BCUT2D eigenvalue weighted by Gasteiger charge is -2.41. The number of carboxylic acids is 2. The highest BCUT2D eigenvalue weighted by atomic mass is 16.7. The van der Waals surface area contributed by atoms with Gasteiger partial charge in [0.1, 0.15) is 61.3 Å². The van der Waals surface area contributed by atoms with Crippen LogP contribution in [0.2, 0.25) is 0 Å². The maximum absolute atomic E-state index is 15.1. The maximum Gasteiger partial charge on any atom is 0.416 e. The van der Waals surface area contributed by atoms with Gasteiger partial charge >= 0.3 is 24.1 Å². The Morgan fingerprint density at radius 1 is 0.526 bits per heavy atom. The summed E-state index contributed by atoms with van der Waals surface area (Å²) in [6, 6.07) is 22.5. The summed E-state index contributed by atoms with van der Waals surface area (Å²) in [5, 5.41) is 84.9. The van der Waals surface area contributed by atoms with Gasteiger partial charge in [0.05, 0.1) is 127 Å². The lowest BCUT2D eigenvalue weighted by atomic mass is 9.92. The summed E-state index contributed by atoms with van der Waals surface area (Å²) in [7, 11) is 5.69. The van der Waals surface area contributed by atoms with Gasteiger partial charge in [-0.15, -0.1) is 0 Å². The highest BCUT2D eigenvalue weighted by Gasteiger charge is 2.59. The smallest absolute Gasteiger partial charge is 0.416 e. The molecule has 0 unspecified atom stereocenters. The molecule has 5 amide bonds. The third-order valence-corrected chi connectivity index (χ3v) is 21.1. The second-order valence-corrected chi connectivity index (χ2v) is 28.8. The average Bonchev–Trinajstić information content (AvgIpc) is 1.56. The minimum absolute atomic E-state index is 0.0542. The van der Waals surface area contributed by atoms with E-state index in [1.165, 1.54) is 105 Å². The standard InChI is InChI=1S/C79H98N6O31/c1-101-56-34-48-51(84(71(103-3)53-33-45-10-6-7-11-46(45)39-82(53)69(48)93)77(99)111-40-43-12-15-47(16-13-43)113-75-65(91)61(87)63(89)67(115-75)73(95)96)36-58(56)109-22-8-5-9-23-110-59-37-52-49(35-57(59)102-2)70(94)83-42-79(19-20-79)38-54(83)72(104-4)85(52)78(100)112-41-44-14-17-55(114-76-66(92)62(88)64(90)68(116-76)74(97)98)50(32-44)81-60(86)18-24-105-26-28-107-30-31-108-29-27-106-25-21-80/h6-7,10-17,32,34-37,53-54,61-68,71-72,75-76,87-92H,5,8-9,18-31,33,38-42,80H2,1-4H3,(H,81,86)(H,95,96)(H,97,98)/t53-,54-,61-,62-,63-,64-,65+,66+,67-,68-,71-,72-,75+,76+/m0/s1. The Bertz CT molecular complexity index is 4270. The molecule has 0 bridgehead atoms. The van der Waals surface area contributed by atoms with Gasteiger partial charge in [0.25, 0.3) is 11.8 Å². The number of aliphatic carboxylic acids is 2. The van der Waals surface area contributed by atoms with E-state index in [0.29, 0.717) is 83.8 Å². The van der Waals surface area contributed by atoms with Crippen molar-refractivity contribution in [2.24, 2.45) is 11.1 Å². The van der Waals surface area contributed by atoms with Crippen LogP contribution in [0.5, 0.6) is 34.5 Å². The summed E-state index contributed by atoms with van der Waals surface area (Å²) < 4.78 is 93.1. The van der Waals surface area contributed by atoms with E-state index in [2.05, 4.69) is 5.32 Å². The van der Waals surface area contributed by atoms with E-state index in [-0.39, 0.29) is 132 Å². The molecule has 5 aromatic carbocycles. The first-order chi connectivity index (χ1) is 56.0. The monoisotopic (exact) mass is 1630 g/mol. The van der Waals surface area contributed by atoms with Crippen molar-refractivity contribution in [2.75, 3.05) is 123 Å². The second kappa shape index (κ2) is 39.0. The zero-order valence-corrected chi connectivity index (χ0v) is 64.3. The third-order valence-electron chi connectivity index (χ3n) is 21.1. The van der Waals surface area contributed by atoms with Gasteiger partial charge in [-0.3, -0.25) is 14.4 Å². The number of hydrogen-bond donors (Lipinski definition) is 10. The molecule has 0 radical (unpaired) electrons. The molecular formula is C79H98N6O31. The number of aliphatic hydroxyl groups is 6. The van der Waals surface area contributed by atoms with E-state index in [1.54, 1.807) is 9.80 Å².